The molecule has 3 nitrogen and oxygen atoms in total. The second kappa shape index (κ2) is 6.47. The Morgan fingerprint density at radius 1 is 1.33 bits per heavy atom. The fraction of sp³-hybridized carbons (Fsp3) is 0.533. The molecule has 1 fully saturated rings. The Balaban J connectivity index is 1.96. The summed E-state index contributed by atoms with van der Waals surface area (Å²) in [5.74, 6) is -0.560. The van der Waals surface area contributed by atoms with Crippen molar-refractivity contribution in [3.63, 3.8) is 0 Å². The van der Waals surface area contributed by atoms with Gasteiger partial charge in [0, 0.05) is 19.5 Å². The van der Waals surface area contributed by atoms with E-state index in [2.05, 4.69) is 0 Å². The van der Waals surface area contributed by atoms with Crippen LogP contribution in [0.4, 0.5) is 13.2 Å². The molecule has 1 unspecified atom stereocenters. The van der Waals surface area contributed by atoms with Gasteiger partial charge < -0.3 is 5.11 Å². The van der Waals surface area contributed by atoms with E-state index in [1.54, 1.807) is 6.07 Å². The predicted molar refractivity (Wildman–Crippen MR) is 71.7 cm³/mol. The van der Waals surface area contributed by atoms with Crippen LogP contribution < -0.4 is 0 Å². The zero-order valence-electron chi connectivity index (χ0n) is 11.6. The molecule has 116 valence electrons. The summed E-state index contributed by atoms with van der Waals surface area (Å²) < 4.78 is 38.8. The molecule has 0 aromatic heterocycles. The van der Waals surface area contributed by atoms with Crippen LogP contribution in [0.3, 0.4) is 0 Å². The van der Waals surface area contributed by atoms with E-state index in [-0.39, 0.29) is 24.4 Å². The van der Waals surface area contributed by atoms with E-state index in [4.69, 9.17) is 5.11 Å². The SMILES string of the molecule is O=C(O)CCC1CCN(Cc2ccccc2C(F)(F)F)C1. The summed E-state index contributed by atoms with van der Waals surface area (Å²) in [6.45, 7) is 1.65. The zero-order valence-corrected chi connectivity index (χ0v) is 11.6. The Labute approximate surface area is 121 Å². The van der Waals surface area contributed by atoms with Crippen molar-refractivity contribution in [2.45, 2.75) is 32.0 Å². The molecular weight excluding hydrogens is 283 g/mol. The van der Waals surface area contributed by atoms with Gasteiger partial charge in [0.15, 0.2) is 0 Å². The molecule has 1 heterocycles. The van der Waals surface area contributed by atoms with Gasteiger partial charge in [0.1, 0.15) is 0 Å². The third-order valence-corrected chi connectivity index (χ3v) is 3.85. The van der Waals surface area contributed by atoms with E-state index in [0.717, 1.165) is 19.0 Å². The van der Waals surface area contributed by atoms with Gasteiger partial charge >= 0.3 is 12.1 Å². The molecule has 1 saturated heterocycles. The van der Waals surface area contributed by atoms with Crippen molar-refractivity contribution in [1.82, 2.24) is 4.90 Å². The van der Waals surface area contributed by atoms with Gasteiger partial charge in [-0.05, 0) is 36.9 Å². The van der Waals surface area contributed by atoms with Crippen LogP contribution in [-0.2, 0) is 17.5 Å². The van der Waals surface area contributed by atoms with Crippen LogP contribution in [0.2, 0.25) is 0 Å². The number of carbonyl (C=O) groups is 1. The normalized spacial score (nSPS) is 19.9. The molecule has 1 aromatic rings. The molecule has 0 spiro atoms. The fourth-order valence-corrected chi connectivity index (χ4v) is 2.80. The number of carboxylic acids is 1. The summed E-state index contributed by atoms with van der Waals surface area (Å²) in [5.41, 5.74) is -0.303. The summed E-state index contributed by atoms with van der Waals surface area (Å²) in [7, 11) is 0. The fourth-order valence-electron chi connectivity index (χ4n) is 2.80. The summed E-state index contributed by atoms with van der Waals surface area (Å²) in [6.07, 6.45) is -2.77. The molecule has 0 bridgehead atoms. The quantitative estimate of drug-likeness (QED) is 0.906. The maximum absolute atomic E-state index is 12.9. The van der Waals surface area contributed by atoms with Gasteiger partial charge in [0.25, 0.3) is 0 Å². The van der Waals surface area contributed by atoms with Crippen LogP contribution in [0.15, 0.2) is 24.3 Å². The second-order valence-corrected chi connectivity index (χ2v) is 5.48. The van der Waals surface area contributed by atoms with E-state index < -0.39 is 17.7 Å². The lowest BCUT2D eigenvalue weighted by molar-refractivity contribution is -0.139. The molecule has 1 aliphatic heterocycles. The molecule has 0 saturated carbocycles. The minimum atomic E-state index is -4.33. The van der Waals surface area contributed by atoms with Crippen molar-refractivity contribution in [3.05, 3.63) is 35.4 Å². The lowest BCUT2D eigenvalue weighted by Gasteiger charge is -2.19. The lowest BCUT2D eigenvalue weighted by Crippen LogP contribution is -2.22. The van der Waals surface area contributed by atoms with Crippen LogP contribution in [0.25, 0.3) is 0 Å². The highest BCUT2D eigenvalue weighted by Gasteiger charge is 2.33. The van der Waals surface area contributed by atoms with E-state index in [9.17, 15) is 18.0 Å². The molecule has 0 radical (unpaired) electrons. The predicted octanol–water partition coefficient (Wildman–Crippen LogP) is 3.39. The highest BCUT2D eigenvalue weighted by atomic mass is 19.4. The van der Waals surface area contributed by atoms with Crippen LogP contribution in [0, 0.1) is 5.92 Å². The standard InChI is InChI=1S/C15H18F3NO2/c16-15(17,18)13-4-2-1-3-12(13)10-19-8-7-11(9-19)5-6-14(20)21/h1-4,11H,5-10H2,(H,20,21). The first kappa shape index (κ1) is 15.8. The van der Waals surface area contributed by atoms with Crippen molar-refractivity contribution < 1.29 is 23.1 Å². The third-order valence-electron chi connectivity index (χ3n) is 3.85. The molecule has 1 aromatic carbocycles. The van der Waals surface area contributed by atoms with E-state index in [0.29, 0.717) is 13.0 Å². The number of halogens is 3. The number of alkyl halides is 3. The summed E-state index contributed by atoms with van der Waals surface area (Å²) >= 11 is 0. The van der Waals surface area contributed by atoms with Crippen molar-refractivity contribution in [1.29, 1.82) is 0 Å². The number of benzene rings is 1. The minimum absolute atomic E-state index is 0.123. The van der Waals surface area contributed by atoms with Crippen molar-refractivity contribution in [2.75, 3.05) is 13.1 Å². The Kier molecular flexibility index (Phi) is 4.88. The monoisotopic (exact) mass is 301 g/mol. The number of rotatable bonds is 5. The Hall–Kier alpha value is -1.56. The molecular formula is C15H18F3NO2. The number of likely N-dealkylation sites (tertiary alicyclic amines) is 1. The summed E-state index contributed by atoms with van der Waals surface area (Å²) in [4.78, 5) is 12.5. The molecule has 6 heteroatoms. The van der Waals surface area contributed by atoms with E-state index >= 15 is 0 Å². The van der Waals surface area contributed by atoms with Crippen LogP contribution in [0.5, 0.6) is 0 Å². The number of hydrogen-bond donors (Lipinski definition) is 1. The Morgan fingerprint density at radius 3 is 2.71 bits per heavy atom. The summed E-state index contributed by atoms with van der Waals surface area (Å²) in [6, 6.07) is 5.62. The van der Waals surface area contributed by atoms with Crippen LogP contribution in [0.1, 0.15) is 30.4 Å². The highest BCUT2D eigenvalue weighted by Crippen LogP contribution is 2.33. The smallest absolute Gasteiger partial charge is 0.416 e. The van der Waals surface area contributed by atoms with Crippen LogP contribution >= 0.6 is 0 Å². The lowest BCUT2D eigenvalue weighted by atomic mass is 10.0. The van der Waals surface area contributed by atoms with Gasteiger partial charge in [-0.25, -0.2) is 0 Å². The maximum atomic E-state index is 12.9. The van der Waals surface area contributed by atoms with Gasteiger partial charge in [-0.2, -0.15) is 13.2 Å². The summed E-state index contributed by atoms with van der Waals surface area (Å²) in [5, 5.41) is 8.66. The Bertz CT molecular complexity index is 502. The van der Waals surface area contributed by atoms with E-state index in [1.807, 2.05) is 4.90 Å². The molecule has 1 N–H and O–H groups in total. The molecule has 1 aliphatic rings. The number of carboxylic acid groups (broad SMARTS) is 1. The zero-order chi connectivity index (χ0) is 15.5. The molecule has 21 heavy (non-hydrogen) atoms. The van der Waals surface area contributed by atoms with Gasteiger partial charge in [-0.1, -0.05) is 18.2 Å². The van der Waals surface area contributed by atoms with Crippen LogP contribution in [-0.4, -0.2) is 29.1 Å². The molecule has 0 aliphatic carbocycles. The topological polar surface area (TPSA) is 40.5 Å². The average molecular weight is 301 g/mol. The largest absolute Gasteiger partial charge is 0.481 e. The first-order chi connectivity index (χ1) is 9.86. The molecule has 2 rings (SSSR count). The number of aliphatic carboxylic acids is 1. The van der Waals surface area contributed by atoms with Gasteiger partial charge in [0.2, 0.25) is 0 Å². The Morgan fingerprint density at radius 2 is 2.05 bits per heavy atom. The number of hydrogen-bond acceptors (Lipinski definition) is 2. The number of nitrogens with zero attached hydrogens (tertiary/aromatic N) is 1. The van der Waals surface area contributed by atoms with Gasteiger partial charge in [-0.3, -0.25) is 9.69 Å². The second-order valence-electron chi connectivity index (χ2n) is 5.48. The van der Waals surface area contributed by atoms with Gasteiger partial charge in [-0.15, -0.1) is 0 Å². The molecule has 1 atom stereocenters. The highest BCUT2D eigenvalue weighted by molar-refractivity contribution is 5.66. The molecule has 0 amide bonds. The van der Waals surface area contributed by atoms with Gasteiger partial charge in [0.05, 0.1) is 5.56 Å². The first-order valence-electron chi connectivity index (χ1n) is 6.95. The van der Waals surface area contributed by atoms with Crippen molar-refractivity contribution in [2.24, 2.45) is 5.92 Å². The third kappa shape index (κ3) is 4.46. The first-order valence-corrected chi connectivity index (χ1v) is 6.95. The van der Waals surface area contributed by atoms with E-state index in [1.165, 1.54) is 12.1 Å². The van der Waals surface area contributed by atoms with Crippen molar-refractivity contribution >= 4 is 5.97 Å². The van der Waals surface area contributed by atoms with Crippen molar-refractivity contribution in [3.8, 4) is 0 Å². The maximum Gasteiger partial charge on any atom is 0.416 e. The minimum Gasteiger partial charge on any atom is -0.481 e. The average Bonchev–Trinajstić information content (AvgIpc) is 2.83.